The lowest BCUT2D eigenvalue weighted by Crippen LogP contribution is -2.21. The number of aryl methyl sites for hydroxylation is 1. The van der Waals surface area contributed by atoms with E-state index in [9.17, 15) is 0 Å². The SMILES string of the molecule is Cc1cccc(CSC(C)C(N)c2ccccc2)c1. The molecule has 0 amide bonds. The summed E-state index contributed by atoms with van der Waals surface area (Å²) in [6.07, 6.45) is 0. The largest absolute Gasteiger partial charge is 0.323 e. The Bertz CT molecular complexity index is 510. The lowest BCUT2D eigenvalue weighted by Gasteiger charge is -2.20. The summed E-state index contributed by atoms with van der Waals surface area (Å²) in [7, 11) is 0. The van der Waals surface area contributed by atoms with E-state index in [1.165, 1.54) is 16.7 Å². The molecule has 0 saturated heterocycles. The fraction of sp³-hybridized carbons (Fsp3) is 0.294. The minimum Gasteiger partial charge on any atom is -0.323 e. The maximum Gasteiger partial charge on any atom is 0.0412 e. The molecule has 0 saturated carbocycles. The Hall–Kier alpha value is -1.25. The van der Waals surface area contributed by atoms with Gasteiger partial charge in [0.15, 0.2) is 0 Å². The molecule has 0 aliphatic carbocycles. The lowest BCUT2D eigenvalue weighted by atomic mass is 10.1. The van der Waals surface area contributed by atoms with Gasteiger partial charge in [-0.15, -0.1) is 0 Å². The Labute approximate surface area is 120 Å². The minimum absolute atomic E-state index is 0.0935. The topological polar surface area (TPSA) is 26.0 Å². The standard InChI is InChI=1S/C17H21NS/c1-13-7-6-8-15(11-13)12-19-14(2)17(18)16-9-4-3-5-10-16/h3-11,14,17H,12,18H2,1-2H3. The molecule has 2 atom stereocenters. The molecule has 0 aliphatic rings. The molecule has 2 heteroatoms. The maximum atomic E-state index is 6.31. The maximum absolute atomic E-state index is 6.31. The summed E-state index contributed by atoms with van der Waals surface area (Å²) in [6, 6.07) is 19.1. The van der Waals surface area contributed by atoms with Crippen molar-refractivity contribution in [2.24, 2.45) is 5.73 Å². The summed E-state index contributed by atoms with van der Waals surface area (Å²) in [4.78, 5) is 0. The molecular formula is C17H21NS. The van der Waals surface area contributed by atoms with E-state index in [2.05, 4.69) is 50.2 Å². The zero-order valence-corrected chi connectivity index (χ0v) is 12.4. The molecule has 0 aliphatic heterocycles. The van der Waals surface area contributed by atoms with E-state index in [4.69, 9.17) is 5.73 Å². The van der Waals surface area contributed by atoms with Gasteiger partial charge in [0, 0.05) is 17.0 Å². The normalized spacial score (nSPS) is 14.1. The average Bonchev–Trinajstić information content (AvgIpc) is 2.45. The van der Waals surface area contributed by atoms with Crippen LogP contribution in [0.1, 0.15) is 29.7 Å². The van der Waals surface area contributed by atoms with Crippen molar-refractivity contribution in [3.63, 3.8) is 0 Å². The van der Waals surface area contributed by atoms with E-state index in [-0.39, 0.29) is 6.04 Å². The van der Waals surface area contributed by atoms with Crippen molar-refractivity contribution in [2.45, 2.75) is 30.9 Å². The number of benzene rings is 2. The van der Waals surface area contributed by atoms with Gasteiger partial charge < -0.3 is 5.73 Å². The van der Waals surface area contributed by atoms with Crippen molar-refractivity contribution >= 4 is 11.8 Å². The van der Waals surface area contributed by atoms with E-state index in [0.29, 0.717) is 5.25 Å². The summed E-state index contributed by atoms with van der Waals surface area (Å²) in [5, 5.41) is 0.405. The Morgan fingerprint density at radius 2 is 1.79 bits per heavy atom. The highest BCUT2D eigenvalue weighted by Gasteiger charge is 2.14. The van der Waals surface area contributed by atoms with Gasteiger partial charge in [-0.05, 0) is 18.1 Å². The number of thioether (sulfide) groups is 1. The number of hydrogen-bond acceptors (Lipinski definition) is 2. The quantitative estimate of drug-likeness (QED) is 0.876. The van der Waals surface area contributed by atoms with Crippen LogP contribution >= 0.6 is 11.8 Å². The van der Waals surface area contributed by atoms with Gasteiger partial charge in [-0.2, -0.15) is 11.8 Å². The van der Waals surface area contributed by atoms with Crippen LogP contribution < -0.4 is 5.73 Å². The third-order valence-electron chi connectivity index (χ3n) is 3.29. The van der Waals surface area contributed by atoms with Crippen molar-refractivity contribution < 1.29 is 0 Å². The molecule has 2 aromatic carbocycles. The highest BCUT2D eigenvalue weighted by molar-refractivity contribution is 7.99. The fourth-order valence-electron chi connectivity index (χ4n) is 2.08. The first-order valence-corrected chi connectivity index (χ1v) is 7.69. The summed E-state index contributed by atoms with van der Waals surface area (Å²) in [5.41, 5.74) is 10.2. The molecule has 2 N–H and O–H groups in total. The average molecular weight is 271 g/mol. The molecule has 0 spiro atoms. The minimum atomic E-state index is 0.0935. The molecule has 2 unspecified atom stereocenters. The van der Waals surface area contributed by atoms with Gasteiger partial charge in [-0.3, -0.25) is 0 Å². The van der Waals surface area contributed by atoms with Crippen LogP contribution in [0.2, 0.25) is 0 Å². The zero-order chi connectivity index (χ0) is 13.7. The van der Waals surface area contributed by atoms with Crippen molar-refractivity contribution in [2.75, 3.05) is 0 Å². The molecule has 0 heterocycles. The first-order chi connectivity index (χ1) is 9.16. The second-order valence-electron chi connectivity index (χ2n) is 4.94. The first-order valence-electron chi connectivity index (χ1n) is 6.64. The second-order valence-corrected chi connectivity index (χ2v) is 6.31. The van der Waals surface area contributed by atoms with Gasteiger partial charge in [-0.25, -0.2) is 0 Å². The fourth-order valence-corrected chi connectivity index (χ4v) is 3.08. The van der Waals surface area contributed by atoms with Crippen LogP contribution in [0.3, 0.4) is 0 Å². The Kier molecular flexibility index (Phi) is 5.06. The van der Waals surface area contributed by atoms with Gasteiger partial charge >= 0.3 is 0 Å². The molecule has 1 nitrogen and oxygen atoms in total. The third kappa shape index (κ3) is 4.12. The summed E-state index contributed by atoms with van der Waals surface area (Å²) in [6.45, 7) is 4.34. The molecule has 19 heavy (non-hydrogen) atoms. The predicted molar refractivity (Wildman–Crippen MR) is 85.3 cm³/mol. The molecule has 2 rings (SSSR count). The molecule has 0 aromatic heterocycles. The van der Waals surface area contributed by atoms with Crippen LogP contribution in [0.4, 0.5) is 0 Å². The molecule has 100 valence electrons. The summed E-state index contributed by atoms with van der Waals surface area (Å²) in [5.74, 6) is 1.02. The zero-order valence-electron chi connectivity index (χ0n) is 11.5. The second kappa shape index (κ2) is 6.78. The summed E-state index contributed by atoms with van der Waals surface area (Å²) < 4.78 is 0. The smallest absolute Gasteiger partial charge is 0.0412 e. The van der Waals surface area contributed by atoms with E-state index in [1.54, 1.807) is 0 Å². The highest BCUT2D eigenvalue weighted by atomic mass is 32.2. The van der Waals surface area contributed by atoms with E-state index >= 15 is 0 Å². The van der Waals surface area contributed by atoms with Gasteiger partial charge in [-0.1, -0.05) is 67.1 Å². The molecule has 2 aromatic rings. The van der Waals surface area contributed by atoms with Gasteiger partial charge in [0.25, 0.3) is 0 Å². The number of rotatable bonds is 5. The Morgan fingerprint density at radius 1 is 1.05 bits per heavy atom. The van der Waals surface area contributed by atoms with Crippen molar-refractivity contribution in [1.82, 2.24) is 0 Å². The Balaban J connectivity index is 1.92. The van der Waals surface area contributed by atoms with Crippen molar-refractivity contribution in [3.8, 4) is 0 Å². The number of nitrogens with two attached hydrogens (primary N) is 1. The van der Waals surface area contributed by atoms with Crippen LogP contribution in [0.15, 0.2) is 54.6 Å². The molecule has 0 fully saturated rings. The molecule has 0 radical (unpaired) electrons. The van der Waals surface area contributed by atoms with Gasteiger partial charge in [0.05, 0.1) is 0 Å². The van der Waals surface area contributed by atoms with Gasteiger partial charge in [0.2, 0.25) is 0 Å². The predicted octanol–water partition coefficient (Wildman–Crippen LogP) is 4.32. The van der Waals surface area contributed by atoms with Crippen LogP contribution in [0, 0.1) is 6.92 Å². The summed E-state index contributed by atoms with van der Waals surface area (Å²) >= 11 is 1.92. The van der Waals surface area contributed by atoms with E-state index in [0.717, 1.165) is 5.75 Å². The van der Waals surface area contributed by atoms with Crippen LogP contribution in [-0.2, 0) is 5.75 Å². The third-order valence-corrected chi connectivity index (χ3v) is 4.60. The highest BCUT2D eigenvalue weighted by Crippen LogP contribution is 2.27. The van der Waals surface area contributed by atoms with E-state index < -0.39 is 0 Å². The number of hydrogen-bond donors (Lipinski definition) is 1. The van der Waals surface area contributed by atoms with Crippen LogP contribution in [-0.4, -0.2) is 5.25 Å². The van der Waals surface area contributed by atoms with Crippen molar-refractivity contribution in [3.05, 3.63) is 71.3 Å². The van der Waals surface area contributed by atoms with E-state index in [1.807, 2.05) is 30.0 Å². The molecular weight excluding hydrogens is 250 g/mol. The van der Waals surface area contributed by atoms with Crippen molar-refractivity contribution in [1.29, 1.82) is 0 Å². The van der Waals surface area contributed by atoms with Crippen LogP contribution in [0.25, 0.3) is 0 Å². The molecule has 0 bridgehead atoms. The Morgan fingerprint density at radius 3 is 2.47 bits per heavy atom. The first kappa shape index (κ1) is 14.2. The lowest BCUT2D eigenvalue weighted by molar-refractivity contribution is 0.715. The monoisotopic (exact) mass is 271 g/mol. The van der Waals surface area contributed by atoms with Gasteiger partial charge in [0.1, 0.15) is 0 Å². The van der Waals surface area contributed by atoms with Crippen LogP contribution in [0.5, 0.6) is 0 Å².